The smallest absolute Gasteiger partial charge is 0.293 e. The number of piperazine rings is 1. The lowest BCUT2D eigenvalue weighted by Crippen LogP contribution is -2.54. The number of hydrogen-bond donors (Lipinski definition) is 2. The van der Waals surface area contributed by atoms with E-state index >= 15 is 0 Å². The average Bonchev–Trinajstić information content (AvgIpc) is 3.17. The number of aryl methyl sites for hydroxylation is 1. The van der Waals surface area contributed by atoms with Crippen LogP contribution in [0.1, 0.15) is 27.9 Å². The van der Waals surface area contributed by atoms with Crippen LogP contribution in [0.2, 0.25) is 5.02 Å². The van der Waals surface area contributed by atoms with Gasteiger partial charge in [0.05, 0.1) is 9.82 Å². The number of sulfonamides is 1. The molecule has 1 aromatic heterocycles. The second kappa shape index (κ2) is 18.5. The van der Waals surface area contributed by atoms with Crippen LogP contribution in [0.15, 0.2) is 119 Å². The van der Waals surface area contributed by atoms with Gasteiger partial charge in [0.25, 0.3) is 21.6 Å². The second-order valence-electron chi connectivity index (χ2n) is 13.0. The molecule has 5 aromatic rings. The molecule has 2 aliphatic heterocycles. The van der Waals surface area contributed by atoms with E-state index in [9.17, 15) is 23.3 Å². The minimum Gasteiger partial charge on any atom is -0.379 e. The standard InChI is InChI=1S/C39H37ClN6O5S2.2ClH/c40-31-10-6-27(7-11-31)35-24-41-17-16-30(35)25-44-19-20-45-32(26-44)12-8-28-22-29(9-15-37(28)45)39(47)43-53(50,51)34-13-14-36(38(23-34)46(48)49)42-18-21-52-33-4-2-1-3-5-33;;/h1-7,9-11,13-17,22-24,32,42H,8,12,18-21,25-26H2,(H,43,47);2*1H/t32-;;/m1../s1. The van der Waals surface area contributed by atoms with Crippen LogP contribution in [0.5, 0.6) is 0 Å². The third-order valence-electron chi connectivity index (χ3n) is 9.56. The van der Waals surface area contributed by atoms with Crippen LogP contribution >= 0.6 is 48.2 Å². The van der Waals surface area contributed by atoms with Crippen LogP contribution in [-0.2, 0) is 23.0 Å². The van der Waals surface area contributed by atoms with E-state index in [4.69, 9.17) is 11.6 Å². The lowest BCUT2D eigenvalue weighted by Gasteiger charge is -2.46. The van der Waals surface area contributed by atoms with E-state index in [1.807, 2.05) is 73.1 Å². The first kappa shape index (κ1) is 41.8. The van der Waals surface area contributed by atoms with Crippen molar-refractivity contribution in [2.75, 3.05) is 42.1 Å². The van der Waals surface area contributed by atoms with Crippen LogP contribution in [0.3, 0.4) is 0 Å². The van der Waals surface area contributed by atoms with Gasteiger partial charge in [0.15, 0.2) is 0 Å². The van der Waals surface area contributed by atoms with Gasteiger partial charge in [0.2, 0.25) is 0 Å². The summed E-state index contributed by atoms with van der Waals surface area (Å²) in [5.41, 5.74) is 5.41. The molecule has 0 unspecified atom stereocenters. The maximum Gasteiger partial charge on any atom is 0.293 e. The first-order valence-corrected chi connectivity index (χ1v) is 20.1. The molecular weight excluding hydrogens is 803 g/mol. The summed E-state index contributed by atoms with van der Waals surface area (Å²) in [6.07, 6.45) is 5.36. The number of pyridine rings is 1. The number of nitro groups is 1. The van der Waals surface area contributed by atoms with Crippen molar-refractivity contribution in [2.45, 2.75) is 35.2 Å². The Balaban J connectivity index is 0.00000290. The van der Waals surface area contributed by atoms with Crippen molar-refractivity contribution in [3.05, 3.63) is 141 Å². The Bertz CT molecular complexity index is 2250. The maximum absolute atomic E-state index is 13.3. The van der Waals surface area contributed by atoms with Gasteiger partial charge in [-0.15, -0.1) is 36.6 Å². The Labute approximate surface area is 341 Å². The number of carbonyl (C=O) groups excluding carboxylic acids is 1. The fourth-order valence-corrected chi connectivity index (χ4v) is 8.85. The molecule has 1 fully saturated rings. The molecule has 1 atom stereocenters. The number of hydrogen-bond acceptors (Lipinski definition) is 10. The molecule has 0 bridgehead atoms. The fraction of sp³-hybridized carbons (Fsp3) is 0.231. The molecule has 0 radical (unpaired) electrons. The van der Waals surface area contributed by atoms with Crippen LogP contribution in [0, 0.1) is 10.1 Å². The molecule has 1 saturated heterocycles. The highest BCUT2D eigenvalue weighted by atomic mass is 35.5. The Hall–Kier alpha value is -4.37. The number of nitro benzene ring substituents is 1. The van der Waals surface area contributed by atoms with E-state index in [1.165, 1.54) is 17.7 Å². The van der Waals surface area contributed by atoms with Crippen molar-refractivity contribution in [1.29, 1.82) is 0 Å². The largest absolute Gasteiger partial charge is 0.379 e. The number of amides is 1. The zero-order valence-corrected chi connectivity index (χ0v) is 33.5. The van der Waals surface area contributed by atoms with Crippen molar-refractivity contribution >= 4 is 81.2 Å². The van der Waals surface area contributed by atoms with Crippen molar-refractivity contribution < 1.29 is 18.1 Å². The number of nitrogens with one attached hydrogen (secondary N) is 2. The molecule has 2 N–H and O–H groups in total. The number of rotatable bonds is 12. The molecule has 2 aliphatic rings. The number of halogens is 3. The van der Waals surface area contributed by atoms with Crippen molar-refractivity contribution in [3.8, 4) is 11.1 Å². The van der Waals surface area contributed by atoms with Crippen LogP contribution in [0.4, 0.5) is 17.1 Å². The monoisotopic (exact) mass is 840 g/mol. The zero-order chi connectivity index (χ0) is 37.0. The Morgan fingerprint density at radius 1 is 0.982 bits per heavy atom. The predicted molar refractivity (Wildman–Crippen MR) is 224 cm³/mol. The van der Waals surface area contributed by atoms with Gasteiger partial charge in [-0.05, 0) is 90.2 Å². The van der Waals surface area contributed by atoms with E-state index in [0.29, 0.717) is 23.4 Å². The van der Waals surface area contributed by atoms with Crippen molar-refractivity contribution in [3.63, 3.8) is 0 Å². The first-order valence-electron chi connectivity index (χ1n) is 17.2. The average molecular weight is 842 g/mol. The van der Waals surface area contributed by atoms with Gasteiger partial charge in [0.1, 0.15) is 5.69 Å². The molecule has 3 heterocycles. The van der Waals surface area contributed by atoms with Gasteiger partial charge in [-0.25, -0.2) is 13.1 Å². The molecule has 288 valence electrons. The third kappa shape index (κ3) is 9.90. The van der Waals surface area contributed by atoms with Crippen molar-refractivity contribution in [2.24, 2.45) is 0 Å². The number of thioether (sulfide) groups is 1. The Morgan fingerprint density at radius 3 is 2.53 bits per heavy atom. The molecule has 0 spiro atoms. The quantitative estimate of drug-likeness (QED) is 0.0549. The number of carbonyl (C=O) groups is 1. The molecule has 7 rings (SSSR count). The number of benzene rings is 4. The van der Waals surface area contributed by atoms with Gasteiger partial charge in [0, 0.05) is 89.7 Å². The summed E-state index contributed by atoms with van der Waals surface area (Å²) >= 11 is 7.71. The minimum atomic E-state index is -4.40. The van der Waals surface area contributed by atoms with E-state index in [1.54, 1.807) is 23.9 Å². The van der Waals surface area contributed by atoms with Crippen molar-refractivity contribution in [1.82, 2.24) is 14.6 Å². The molecule has 0 saturated carbocycles. The molecule has 4 aromatic carbocycles. The number of anilines is 2. The highest BCUT2D eigenvalue weighted by Crippen LogP contribution is 2.35. The molecule has 11 nitrogen and oxygen atoms in total. The summed E-state index contributed by atoms with van der Waals surface area (Å²) < 4.78 is 28.7. The summed E-state index contributed by atoms with van der Waals surface area (Å²) in [6, 6.07) is 28.8. The van der Waals surface area contributed by atoms with E-state index in [-0.39, 0.29) is 41.0 Å². The van der Waals surface area contributed by atoms with Gasteiger partial charge in [-0.1, -0.05) is 41.9 Å². The minimum absolute atomic E-state index is 0. The first-order chi connectivity index (χ1) is 25.6. The highest BCUT2D eigenvalue weighted by Gasteiger charge is 2.33. The van der Waals surface area contributed by atoms with Crippen LogP contribution < -0.4 is 14.9 Å². The third-order valence-corrected chi connectivity index (χ3v) is 12.2. The lowest BCUT2D eigenvalue weighted by molar-refractivity contribution is -0.384. The van der Waals surface area contributed by atoms with Gasteiger partial charge < -0.3 is 10.2 Å². The van der Waals surface area contributed by atoms with E-state index in [2.05, 4.69) is 30.9 Å². The van der Waals surface area contributed by atoms with Gasteiger partial charge >= 0.3 is 0 Å². The van der Waals surface area contributed by atoms with Crippen LogP contribution in [-0.4, -0.2) is 67.1 Å². The normalized spacial score (nSPS) is 15.1. The molecule has 55 heavy (non-hydrogen) atoms. The summed E-state index contributed by atoms with van der Waals surface area (Å²) in [5.74, 6) is -0.148. The van der Waals surface area contributed by atoms with E-state index < -0.39 is 26.5 Å². The fourth-order valence-electron chi connectivity index (χ4n) is 6.94. The Kier molecular flexibility index (Phi) is 14.1. The summed E-state index contributed by atoms with van der Waals surface area (Å²) in [6.45, 7) is 3.77. The van der Waals surface area contributed by atoms with Gasteiger partial charge in [-0.2, -0.15) is 0 Å². The summed E-state index contributed by atoms with van der Waals surface area (Å²) in [4.78, 5) is 34.4. The SMILES string of the molecule is Cl.Cl.O=C(NS(=O)(=O)c1ccc(NCCSc2ccccc2)c([N+](=O)[O-])c1)c1ccc2c(c1)CC[C@@H]1CN(Cc3ccncc3-c3ccc(Cl)cc3)CCN21. The maximum atomic E-state index is 13.3. The number of fused-ring (bicyclic) bond motifs is 3. The van der Waals surface area contributed by atoms with Crippen LogP contribution in [0.25, 0.3) is 11.1 Å². The topological polar surface area (TPSA) is 138 Å². The summed E-state index contributed by atoms with van der Waals surface area (Å²) in [5, 5.41) is 15.6. The molecule has 1 amide bonds. The lowest BCUT2D eigenvalue weighted by atomic mass is 9.92. The number of aromatic nitrogens is 1. The second-order valence-corrected chi connectivity index (χ2v) is 16.3. The predicted octanol–water partition coefficient (Wildman–Crippen LogP) is 8.11. The number of nitrogens with zero attached hydrogens (tertiary/aromatic N) is 4. The molecule has 16 heteroatoms. The summed E-state index contributed by atoms with van der Waals surface area (Å²) in [7, 11) is -4.40. The highest BCUT2D eigenvalue weighted by molar-refractivity contribution is 7.99. The molecule has 0 aliphatic carbocycles. The molecular formula is C39H39Cl3N6O5S2. The zero-order valence-electron chi connectivity index (χ0n) is 29.5. The van der Waals surface area contributed by atoms with Gasteiger partial charge in [-0.3, -0.25) is 24.8 Å². The van der Waals surface area contributed by atoms with E-state index in [0.717, 1.165) is 72.4 Å². The Morgan fingerprint density at radius 2 is 1.76 bits per heavy atom.